The fourth-order valence-electron chi connectivity index (χ4n) is 8.01. The number of carbonyl (C=O) groups is 2. The molecule has 0 aromatic heterocycles. The van der Waals surface area contributed by atoms with E-state index in [2.05, 4.69) is 38.2 Å². The summed E-state index contributed by atoms with van der Waals surface area (Å²) in [5.41, 5.74) is 0. The number of carbonyl (C=O) groups excluding carboxylic acids is 2. The highest BCUT2D eigenvalue weighted by molar-refractivity contribution is 5.70. The highest BCUT2D eigenvalue weighted by Crippen LogP contribution is 2.17. The lowest BCUT2D eigenvalue weighted by Crippen LogP contribution is -2.28. The Morgan fingerprint density at radius 2 is 0.712 bits per heavy atom. The largest absolute Gasteiger partial charge is 0.462 e. The van der Waals surface area contributed by atoms with Crippen molar-refractivity contribution in [3.8, 4) is 0 Å². The predicted molar refractivity (Wildman–Crippen MR) is 256 cm³/mol. The topological polar surface area (TPSA) is 72.8 Å². The van der Waals surface area contributed by atoms with Crippen LogP contribution < -0.4 is 0 Å². The van der Waals surface area contributed by atoms with Crippen LogP contribution in [-0.2, 0) is 19.1 Å². The van der Waals surface area contributed by atoms with Crippen molar-refractivity contribution in [2.24, 2.45) is 0 Å². The highest BCUT2D eigenvalue weighted by Gasteiger charge is 2.16. The van der Waals surface area contributed by atoms with Crippen molar-refractivity contribution >= 4 is 11.9 Å². The van der Waals surface area contributed by atoms with Gasteiger partial charge in [-0.05, 0) is 38.5 Å². The van der Waals surface area contributed by atoms with Crippen LogP contribution in [0, 0.1) is 0 Å². The molecular weight excluding hydrogens is 729 g/mol. The molecule has 5 nitrogen and oxygen atoms in total. The van der Waals surface area contributed by atoms with Gasteiger partial charge >= 0.3 is 11.9 Å². The fourth-order valence-corrected chi connectivity index (χ4v) is 8.01. The Balaban J connectivity index is 3.37. The quantitative estimate of drug-likeness (QED) is 0.0376. The van der Waals surface area contributed by atoms with Gasteiger partial charge in [-0.25, -0.2) is 0 Å². The number of aliphatic hydroxyl groups excluding tert-OH is 1. The predicted octanol–water partition coefficient (Wildman–Crippen LogP) is 17.4. The molecule has 0 aliphatic heterocycles. The van der Waals surface area contributed by atoms with Crippen LogP contribution in [0.5, 0.6) is 0 Å². The Bertz CT molecular complexity index is 897. The van der Waals surface area contributed by atoms with E-state index in [1.807, 2.05) is 0 Å². The van der Waals surface area contributed by atoms with Crippen molar-refractivity contribution in [2.75, 3.05) is 13.2 Å². The zero-order chi connectivity index (χ0) is 42.8. The van der Waals surface area contributed by atoms with Crippen LogP contribution in [0.3, 0.4) is 0 Å². The van der Waals surface area contributed by atoms with Crippen LogP contribution in [0.25, 0.3) is 0 Å². The summed E-state index contributed by atoms with van der Waals surface area (Å²) in [6.45, 7) is 4.10. The van der Waals surface area contributed by atoms with E-state index >= 15 is 0 Å². The van der Waals surface area contributed by atoms with E-state index in [4.69, 9.17) is 9.47 Å². The maximum Gasteiger partial charge on any atom is 0.306 e. The smallest absolute Gasteiger partial charge is 0.306 e. The first kappa shape index (κ1) is 57.4. The maximum absolute atomic E-state index is 12.2. The lowest BCUT2D eigenvalue weighted by Gasteiger charge is -2.15. The van der Waals surface area contributed by atoms with Crippen molar-refractivity contribution in [3.05, 3.63) is 24.3 Å². The van der Waals surface area contributed by atoms with Gasteiger partial charge in [-0.2, -0.15) is 0 Å². The fraction of sp³-hybridized carbons (Fsp3) is 0.889. The van der Waals surface area contributed by atoms with Crippen LogP contribution in [-0.4, -0.2) is 36.4 Å². The highest BCUT2D eigenvalue weighted by atomic mass is 16.6. The average molecular weight is 831 g/mol. The van der Waals surface area contributed by atoms with E-state index in [1.54, 1.807) is 0 Å². The molecule has 0 saturated carbocycles. The van der Waals surface area contributed by atoms with E-state index in [-0.39, 0.29) is 25.2 Å². The number of unbranched alkanes of at least 4 members (excludes halogenated alkanes) is 37. The van der Waals surface area contributed by atoms with E-state index < -0.39 is 6.10 Å². The third kappa shape index (κ3) is 48.9. The van der Waals surface area contributed by atoms with Crippen LogP contribution in [0.1, 0.15) is 290 Å². The summed E-state index contributed by atoms with van der Waals surface area (Å²) < 4.78 is 10.6. The molecule has 348 valence electrons. The van der Waals surface area contributed by atoms with Crippen molar-refractivity contribution in [3.63, 3.8) is 0 Å². The summed E-state index contributed by atoms with van der Waals surface area (Å²) in [6.07, 6.45) is 63.1. The Kier molecular flexibility index (Phi) is 49.3. The minimum atomic E-state index is -0.775. The molecule has 0 fully saturated rings. The van der Waals surface area contributed by atoms with Crippen LogP contribution in [0.4, 0.5) is 0 Å². The molecule has 0 radical (unpaired) electrons. The molecule has 0 aromatic rings. The summed E-state index contributed by atoms with van der Waals surface area (Å²) in [5, 5.41) is 9.59. The number of aliphatic hydroxyl groups is 1. The van der Waals surface area contributed by atoms with Gasteiger partial charge in [-0.15, -0.1) is 0 Å². The molecule has 1 N–H and O–H groups in total. The molecule has 5 heteroatoms. The van der Waals surface area contributed by atoms with Crippen molar-refractivity contribution in [1.29, 1.82) is 0 Å². The molecule has 0 aromatic carbocycles. The minimum absolute atomic E-state index is 0.0668. The van der Waals surface area contributed by atoms with Crippen LogP contribution in [0.15, 0.2) is 24.3 Å². The monoisotopic (exact) mass is 831 g/mol. The standard InChI is InChI=1S/C54H102O5/c1-3-5-7-9-11-13-15-17-18-19-20-21-22-23-24-25-26-27-28-29-30-31-32-33-34-35-37-38-40-42-44-46-48-53(56)58-51-52(50-55)59-54(57)49-47-45-43-41-39-36-16-14-12-10-8-6-4-2/h8,10,14,16,52,55H,3-7,9,11-13,15,17-51H2,1-2H3/b10-8-,16-14-. The van der Waals surface area contributed by atoms with Crippen molar-refractivity contribution < 1.29 is 24.2 Å². The van der Waals surface area contributed by atoms with Gasteiger partial charge in [-0.1, -0.05) is 263 Å². The van der Waals surface area contributed by atoms with Gasteiger partial charge in [-0.3, -0.25) is 9.59 Å². The number of hydrogen-bond donors (Lipinski definition) is 1. The Morgan fingerprint density at radius 3 is 1.07 bits per heavy atom. The van der Waals surface area contributed by atoms with Gasteiger partial charge in [0.2, 0.25) is 0 Å². The lowest BCUT2D eigenvalue weighted by atomic mass is 10.0. The molecule has 0 heterocycles. The normalized spacial score (nSPS) is 12.3. The maximum atomic E-state index is 12.2. The number of hydrogen-bond acceptors (Lipinski definition) is 5. The molecule has 0 aliphatic rings. The van der Waals surface area contributed by atoms with Gasteiger partial charge in [0.05, 0.1) is 6.61 Å². The van der Waals surface area contributed by atoms with E-state index in [0.29, 0.717) is 12.8 Å². The molecule has 1 unspecified atom stereocenters. The molecule has 0 amide bonds. The molecule has 0 saturated heterocycles. The second-order valence-electron chi connectivity index (χ2n) is 18.0. The molecule has 1 atom stereocenters. The zero-order valence-corrected chi connectivity index (χ0v) is 39.8. The second-order valence-corrected chi connectivity index (χ2v) is 18.0. The molecule has 0 bridgehead atoms. The number of esters is 2. The van der Waals surface area contributed by atoms with Gasteiger partial charge in [0.15, 0.2) is 6.10 Å². The SMILES string of the molecule is CCC/C=C\C/C=C\CCCCCCCC(=O)OC(CO)COC(=O)CCCCCCCCCCCCCCCCCCCCCCCCCCCCCCCCCC. The number of ether oxygens (including phenoxy) is 2. The van der Waals surface area contributed by atoms with E-state index in [1.165, 1.54) is 205 Å². The third-order valence-electron chi connectivity index (χ3n) is 12.0. The van der Waals surface area contributed by atoms with Gasteiger partial charge < -0.3 is 14.6 Å². The number of rotatable bonds is 49. The van der Waals surface area contributed by atoms with Gasteiger partial charge in [0.1, 0.15) is 6.61 Å². The Labute approximate surface area is 368 Å². The van der Waals surface area contributed by atoms with E-state index in [0.717, 1.165) is 57.8 Å². The molecular formula is C54H102O5. The first-order valence-corrected chi connectivity index (χ1v) is 26.4. The molecule has 0 rings (SSSR count). The average Bonchev–Trinajstić information content (AvgIpc) is 3.24. The molecule has 0 spiro atoms. The van der Waals surface area contributed by atoms with Gasteiger partial charge in [0, 0.05) is 12.8 Å². The van der Waals surface area contributed by atoms with Gasteiger partial charge in [0.25, 0.3) is 0 Å². The summed E-state index contributed by atoms with van der Waals surface area (Å²) in [4.78, 5) is 24.4. The first-order valence-electron chi connectivity index (χ1n) is 26.4. The third-order valence-corrected chi connectivity index (χ3v) is 12.0. The second kappa shape index (κ2) is 50.7. The minimum Gasteiger partial charge on any atom is -0.462 e. The van der Waals surface area contributed by atoms with Crippen molar-refractivity contribution in [2.45, 2.75) is 296 Å². The number of allylic oxidation sites excluding steroid dienone is 4. The zero-order valence-electron chi connectivity index (χ0n) is 39.8. The Morgan fingerprint density at radius 1 is 0.390 bits per heavy atom. The Hall–Kier alpha value is -1.62. The summed E-state index contributed by atoms with van der Waals surface area (Å²) in [5.74, 6) is -0.594. The summed E-state index contributed by atoms with van der Waals surface area (Å²) in [6, 6.07) is 0. The van der Waals surface area contributed by atoms with Crippen LogP contribution in [0.2, 0.25) is 0 Å². The molecule has 0 aliphatic carbocycles. The van der Waals surface area contributed by atoms with E-state index in [9.17, 15) is 14.7 Å². The first-order chi connectivity index (χ1) is 29.1. The molecule has 59 heavy (non-hydrogen) atoms. The lowest BCUT2D eigenvalue weighted by molar-refractivity contribution is -0.161. The summed E-state index contributed by atoms with van der Waals surface area (Å²) >= 11 is 0. The van der Waals surface area contributed by atoms with Crippen molar-refractivity contribution in [1.82, 2.24) is 0 Å². The summed E-state index contributed by atoms with van der Waals surface area (Å²) in [7, 11) is 0. The van der Waals surface area contributed by atoms with Crippen LogP contribution >= 0.6 is 0 Å².